The second-order valence-electron chi connectivity index (χ2n) is 3.50. The monoisotopic (exact) mass is 264 g/mol. The van der Waals surface area contributed by atoms with Gasteiger partial charge in [-0.1, -0.05) is 0 Å². The molecular weight excluding hydrogens is 258 g/mol. The molecule has 2 heterocycles. The quantitative estimate of drug-likeness (QED) is 0.706. The van der Waals surface area contributed by atoms with Crippen LogP contribution in [0.1, 0.15) is 0 Å². The van der Waals surface area contributed by atoms with Crippen molar-refractivity contribution in [3.05, 3.63) is 47.6 Å². The van der Waals surface area contributed by atoms with Crippen molar-refractivity contribution < 1.29 is 13.5 Å². The molecule has 0 bridgehead atoms. The number of hydrogen-bond acceptors (Lipinski definition) is 4. The van der Waals surface area contributed by atoms with Crippen LogP contribution in [0, 0.1) is 11.6 Å². The van der Waals surface area contributed by atoms with E-state index in [0.717, 1.165) is 22.3 Å². The summed E-state index contributed by atoms with van der Waals surface area (Å²) < 4.78 is 31.3. The van der Waals surface area contributed by atoms with Crippen LogP contribution in [0.25, 0.3) is 10.2 Å². The van der Waals surface area contributed by atoms with Gasteiger partial charge in [-0.15, -0.1) is 11.3 Å². The van der Waals surface area contributed by atoms with Crippen LogP contribution in [-0.4, -0.2) is 9.97 Å². The highest BCUT2D eigenvalue weighted by Crippen LogP contribution is 2.29. The Labute approximate surface area is 105 Å². The van der Waals surface area contributed by atoms with Gasteiger partial charge in [-0.05, 0) is 23.6 Å². The van der Waals surface area contributed by atoms with Crippen molar-refractivity contribution in [1.82, 2.24) is 9.97 Å². The third-order valence-electron chi connectivity index (χ3n) is 2.33. The Morgan fingerprint density at radius 3 is 2.78 bits per heavy atom. The lowest BCUT2D eigenvalue weighted by Crippen LogP contribution is -1.91. The van der Waals surface area contributed by atoms with E-state index >= 15 is 0 Å². The molecule has 0 aliphatic rings. The Kier molecular flexibility index (Phi) is 2.64. The maximum absolute atomic E-state index is 13.1. The molecule has 6 heteroatoms. The van der Waals surface area contributed by atoms with Crippen molar-refractivity contribution in [3.8, 4) is 11.6 Å². The number of nitrogens with zero attached hydrogens (tertiary/aromatic N) is 2. The molecule has 0 spiro atoms. The van der Waals surface area contributed by atoms with E-state index in [0.29, 0.717) is 5.88 Å². The molecule has 0 amide bonds. The van der Waals surface area contributed by atoms with E-state index in [1.165, 1.54) is 23.7 Å². The molecule has 0 aliphatic carbocycles. The normalized spacial score (nSPS) is 10.8. The fourth-order valence-electron chi connectivity index (χ4n) is 1.50. The van der Waals surface area contributed by atoms with Crippen molar-refractivity contribution in [2.24, 2.45) is 0 Å². The standard InChI is InChI=1S/C12H6F2N2OS/c13-9-2-1-7(5-10(9)14)17-11-8-3-4-18-12(8)16-6-15-11/h1-6H. The van der Waals surface area contributed by atoms with Crippen molar-refractivity contribution in [3.63, 3.8) is 0 Å². The molecule has 0 unspecified atom stereocenters. The molecule has 0 saturated heterocycles. The van der Waals surface area contributed by atoms with E-state index in [2.05, 4.69) is 9.97 Å². The summed E-state index contributed by atoms with van der Waals surface area (Å²) >= 11 is 1.45. The Bertz CT molecular complexity index is 714. The summed E-state index contributed by atoms with van der Waals surface area (Å²) in [5.41, 5.74) is 0. The molecule has 0 N–H and O–H groups in total. The summed E-state index contributed by atoms with van der Waals surface area (Å²) in [6.45, 7) is 0. The van der Waals surface area contributed by atoms with Gasteiger partial charge >= 0.3 is 0 Å². The van der Waals surface area contributed by atoms with Crippen LogP contribution in [0.15, 0.2) is 36.0 Å². The number of aromatic nitrogens is 2. The highest BCUT2D eigenvalue weighted by Gasteiger charge is 2.09. The second kappa shape index (κ2) is 4.30. The average Bonchev–Trinajstić information content (AvgIpc) is 2.83. The summed E-state index contributed by atoms with van der Waals surface area (Å²) in [5, 5.41) is 2.60. The van der Waals surface area contributed by atoms with E-state index in [9.17, 15) is 8.78 Å². The van der Waals surface area contributed by atoms with Crippen LogP contribution in [-0.2, 0) is 0 Å². The molecule has 0 radical (unpaired) electrons. The van der Waals surface area contributed by atoms with Crippen LogP contribution in [0.4, 0.5) is 8.78 Å². The Hall–Kier alpha value is -2.08. The number of rotatable bonds is 2. The molecule has 0 fully saturated rings. The van der Waals surface area contributed by atoms with E-state index in [1.54, 1.807) is 0 Å². The zero-order valence-electron chi connectivity index (χ0n) is 8.93. The molecule has 90 valence electrons. The van der Waals surface area contributed by atoms with Crippen LogP contribution in [0.3, 0.4) is 0 Å². The number of halogens is 2. The number of fused-ring (bicyclic) bond motifs is 1. The molecule has 0 saturated carbocycles. The molecule has 3 aromatic rings. The first-order chi connectivity index (χ1) is 8.74. The maximum Gasteiger partial charge on any atom is 0.231 e. The summed E-state index contributed by atoms with van der Waals surface area (Å²) in [6, 6.07) is 5.15. The molecule has 1 aromatic carbocycles. The van der Waals surface area contributed by atoms with E-state index in [1.807, 2.05) is 11.4 Å². The predicted molar refractivity (Wildman–Crippen MR) is 63.8 cm³/mol. The Morgan fingerprint density at radius 1 is 1.06 bits per heavy atom. The second-order valence-corrected chi connectivity index (χ2v) is 4.39. The van der Waals surface area contributed by atoms with Gasteiger partial charge in [-0.25, -0.2) is 18.7 Å². The first kappa shape index (κ1) is 11.0. The lowest BCUT2D eigenvalue weighted by Gasteiger charge is -2.05. The highest BCUT2D eigenvalue weighted by molar-refractivity contribution is 7.16. The largest absolute Gasteiger partial charge is 0.438 e. The topological polar surface area (TPSA) is 35.0 Å². The van der Waals surface area contributed by atoms with Crippen LogP contribution >= 0.6 is 11.3 Å². The zero-order chi connectivity index (χ0) is 12.5. The van der Waals surface area contributed by atoms with Crippen molar-refractivity contribution in [2.75, 3.05) is 0 Å². The van der Waals surface area contributed by atoms with Gasteiger partial charge < -0.3 is 4.74 Å². The first-order valence-electron chi connectivity index (χ1n) is 5.05. The van der Waals surface area contributed by atoms with Gasteiger partial charge in [0.2, 0.25) is 5.88 Å². The molecule has 0 atom stereocenters. The number of ether oxygens (including phenoxy) is 1. The summed E-state index contributed by atoms with van der Waals surface area (Å²) in [6.07, 6.45) is 1.37. The number of benzene rings is 1. The minimum atomic E-state index is -0.955. The van der Waals surface area contributed by atoms with Gasteiger partial charge in [0, 0.05) is 6.07 Å². The smallest absolute Gasteiger partial charge is 0.231 e. The van der Waals surface area contributed by atoms with Crippen molar-refractivity contribution in [2.45, 2.75) is 0 Å². The van der Waals surface area contributed by atoms with Gasteiger partial charge in [0.15, 0.2) is 11.6 Å². The minimum Gasteiger partial charge on any atom is -0.438 e. The van der Waals surface area contributed by atoms with E-state index in [4.69, 9.17) is 4.74 Å². The predicted octanol–water partition coefficient (Wildman–Crippen LogP) is 3.76. The Balaban J connectivity index is 2.01. The Morgan fingerprint density at radius 2 is 1.94 bits per heavy atom. The molecular formula is C12H6F2N2OS. The molecule has 3 rings (SSSR count). The third kappa shape index (κ3) is 1.91. The van der Waals surface area contributed by atoms with Crippen LogP contribution < -0.4 is 4.74 Å². The van der Waals surface area contributed by atoms with Crippen LogP contribution in [0.5, 0.6) is 11.6 Å². The molecule has 18 heavy (non-hydrogen) atoms. The fourth-order valence-corrected chi connectivity index (χ4v) is 2.22. The lowest BCUT2D eigenvalue weighted by molar-refractivity contribution is 0.452. The average molecular weight is 264 g/mol. The summed E-state index contributed by atoms with van der Waals surface area (Å²) in [7, 11) is 0. The number of hydrogen-bond donors (Lipinski definition) is 0. The summed E-state index contributed by atoms with van der Waals surface area (Å²) in [4.78, 5) is 8.83. The van der Waals surface area contributed by atoms with Crippen molar-refractivity contribution >= 4 is 21.6 Å². The first-order valence-corrected chi connectivity index (χ1v) is 5.93. The van der Waals surface area contributed by atoms with Gasteiger partial charge in [0.25, 0.3) is 0 Å². The zero-order valence-corrected chi connectivity index (χ0v) is 9.75. The SMILES string of the molecule is Fc1ccc(Oc2ncnc3sccc23)cc1F. The van der Waals surface area contributed by atoms with E-state index < -0.39 is 11.6 Å². The van der Waals surface area contributed by atoms with Crippen LogP contribution in [0.2, 0.25) is 0 Å². The maximum atomic E-state index is 13.1. The van der Waals surface area contributed by atoms with E-state index in [-0.39, 0.29) is 5.75 Å². The number of thiophene rings is 1. The van der Waals surface area contributed by atoms with Gasteiger partial charge in [0.1, 0.15) is 16.9 Å². The highest BCUT2D eigenvalue weighted by atomic mass is 32.1. The van der Waals surface area contributed by atoms with Crippen molar-refractivity contribution in [1.29, 1.82) is 0 Å². The lowest BCUT2D eigenvalue weighted by atomic mass is 10.3. The fraction of sp³-hybridized carbons (Fsp3) is 0. The van der Waals surface area contributed by atoms with Gasteiger partial charge in [0.05, 0.1) is 5.39 Å². The third-order valence-corrected chi connectivity index (χ3v) is 3.15. The van der Waals surface area contributed by atoms with Gasteiger partial charge in [-0.3, -0.25) is 0 Å². The molecule has 3 nitrogen and oxygen atoms in total. The van der Waals surface area contributed by atoms with Gasteiger partial charge in [-0.2, -0.15) is 0 Å². The summed E-state index contributed by atoms with van der Waals surface area (Å²) in [5.74, 6) is -1.35. The molecule has 0 aliphatic heterocycles. The molecule has 2 aromatic heterocycles. The minimum absolute atomic E-state index is 0.195.